The van der Waals surface area contributed by atoms with E-state index in [9.17, 15) is 0 Å². The number of methoxy groups -OCH3 is 1. The summed E-state index contributed by atoms with van der Waals surface area (Å²) >= 11 is 3.57. The Balaban J connectivity index is 2.57. The summed E-state index contributed by atoms with van der Waals surface area (Å²) in [7, 11) is 1.69. The molecule has 0 aromatic heterocycles. The molecule has 2 aromatic rings. The van der Waals surface area contributed by atoms with Crippen molar-refractivity contribution in [3.63, 3.8) is 0 Å². The molecule has 0 atom stereocenters. The first kappa shape index (κ1) is 16.1. The Hall–Kier alpha value is -1.28. The molecule has 0 radical (unpaired) electrons. The van der Waals surface area contributed by atoms with Gasteiger partial charge in [-0.25, -0.2) is 0 Å². The van der Waals surface area contributed by atoms with Gasteiger partial charge in [0.15, 0.2) is 0 Å². The fourth-order valence-electron chi connectivity index (χ4n) is 2.67. The second kappa shape index (κ2) is 5.84. The predicted molar refractivity (Wildman–Crippen MR) is 94.3 cm³/mol. The highest BCUT2D eigenvalue weighted by Crippen LogP contribution is 2.36. The number of benzene rings is 2. The lowest BCUT2D eigenvalue weighted by Gasteiger charge is -2.22. The van der Waals surface area contributed by atoms with Gasteiger partial charge in [-0.3, -0.25) is 0 Å². The van der Waals surface area contributed by atoms with E-state index < -0.39 is 0 Å². The van der Waals surface area contributed by atoms with E-state index in [1.807, 2.05) is 6.07 Å². The Kier molecular flexibility index (Phi) is 4.48. The zero-order valence-electron chi connectivity index (χ0n) is 13.7. The summed E-state index contributed by atoms with van der Waals surface area (Å²) < 4.78 is 6.30. The molecule has 0 aliphatic rings. The van der Waals surface area contributed by atoms with E-state index in [2.05, 4.69) is 74.8 Å². The Morgan fingerprint density at radius 2 is 1.52 bits per heavy atom. The van der Waals surface area contributed by atoms with Crippen molar-refractivity contribution in [2.24, 2.45) is 0 Å². The zero-order valence-corrected chi connectivity index (χ0v) is 15.3. The molecule has 112 valence electrons. The Morgan fingerprint density at radius 3 is 1.95 bits per heavy atom. The van der Waals surface area contributed by atoms with Crippen LogP contribution in [-0.2, 0) is 5.41 Å². The highest BCUT2D eigenvalue weighted by molar-refractivity contribution is 9.10. The van der Waals surface area contributed by atoms with Crippen LogP contribution in [0.3, 0.4) is 0 Å². The van der Waals surface area contributed by atoms with Crippen LogP contribution in [0.15, 0.2) is 34.8 Å². The van der Waals surface area contributed by atoms with Crippen molar-refractivity contribution < 1.29 is 4.74 Å². The Morgan fingerprint density at radius 1 is 0.952 bits per heavy atom. The van der Waals surface area contributed by atoms with Gasteiger partial charge >= 0.3 is 0 Å². The fraction of sp³-hybridized carbons (Fsp3) is 0.368. The minimum atomic E-state index is 0.175. The van der Waals surface area contributed by atoms with Gasteiger partial charge in [-0.15, -0.1) is 0 Å². The zero-order chi connectivity index (χ0) is 15.8. The van der Waals surface area contributed by atoms with Crippen molar-refractivity contribution in [3.05, 3.63) is 51.5 Å². The quantitative estimate of drug-likeness (QED) is 0.644. The summed E-state index contributed by atoms with van der Waals surface area (Å²) in [6.45, 7) is 11.1. The van der Waals surface area contributed by atoms with Crippen LogP contribution in [-0.4, -0.2) is 7.11 Å². The van der Waals surface area contributed by atoms with Crippen LogP contribution >= 0.6 is 15.9 Å². The van der Waals surface area contributed by atoms with Crippen LogP contribution in [0.2, 0.25) is 0 Å². The van der Waals surface area contributed by atoms with Crippen LogP contribution < -0.4 is 4.74 Å². The number of aryl methyl sites for hydroxylation is 2. The summed E-state index contributed by atoms with van der Waals surface area (Å²) in [5.74, 6) is 0.861. The van der Waals surface area contributed by atoms with Crippen molar-refractivity contribution in [1.29, 1.82) is 0 Å². The summed E-state index contributed by atoms with van der Waals surface area (Å²) in [5.41, 5.74) is 6.72. The van der Waals surface area contributed by atoms with Gasteiger partial charge in [0.05, 0.1) is 11.6 Å². The Labute approximate surface area is 136 Å². The molecule has 1 nitrogen and oxygen atoms in total. The molecular formula is C19H23BrO. The van der Waals surface area contributed by atoms with Crippen molar-refractivity contribution in [2.75, 3.05) is 7.11 Å². The highest BCUT2D eigenvalue weighted by Gasteiger charge is 2.17. The maximum absolute atomic E-state index is 5.31. The van der Waals surface area contributed by atoms with Crippen molar-refractivity contribution in [3.8, 4) is 16.9 Å². The van der Waals surface area contributed by atoms with Gasteiger partial charge in [-0.1, -0.05) is 39.0 Å². The average Bonchev–Trinajstić information content (AvgIpc) is 2.37. The van der Waals surface area contributed by atoms with E-state index >= 15 is 0 Å². The first-order chi connectivity index (χ1) is 9.74. The predicted octanol–water partition coefficient (Wildman–Crippen LogP) is 6.04. The van der Waals surface area contributed by atoms with Gasteiger partial charge < -0.3 is 4.74 Å². The summed E-state index contributed by atoms with van der Waals surface area (Å²) in [6.07, 6.45) is 0. The summed E-state index contributed by atoms with van der Waals surface area (Å²) in [6, 6.07) is 10.9. The minimum absolute atomic E-state index is 0.175. The molecule has 0 N–H and O–H groups in total. The summed E-state index contributed by atoms with van der Waals surface area (Å²) in [5, 5.41) is 0. The molecule has 2 heteroatoms. The van der Waals surface area contributed by atoms with E-state index in [1.54, 1.807) is 7.11 Å². The summed E-state index contributed by atoms with van der Waals surface area (Å²) in [4.78, 5) is 0. The van der Waals surface area contributed by atoms with Gasteiger partial charge in [0.2, 0.25) is 0 Å². The fourth-order valence-corrected chi connectivity index (χ4v) is 3.21. The molecule has 0 spiro atoms. The molecule has 2 aromatic carbocycles. The topological polar surface area (TPSA) is 9.23 Å². The molecule has 0 saturated heterocycles. The first-order valence-corrected chi connectivity index (χ1v) is 7.99. The van der Waals surface area contributed by atoms with Crippen molar-refractivity contribution in [1.82, 2.24) is 0 Å². The van der Waals surface area contributed by atoms with Crippen molar-refractivity contribution in [2.45, 2.75) is 40.0 Å². The third-order valence-electron chi connectivity index (χ3n) is 3.84. The molecular weight excluding hydrogens is 324 g/mol. The van der Waals surface area contributed by atoms with Crippen LogP contribution in [0.5, 0.6) is 5.75 Å². The number of halogens is 1. The lowest BCUT2D eigenvalue weighted by molar-refractivity contribution is 0.412. The van der Waals surface area contributed by atoms with Gasteiger partial charge in [0.25, 0.3) is 0 Å². The second-order valence-corrected chi connectivity index (χ2v) is 7.44. The molecule has 0 saturated carbocycles. The van der Waals surface area contributed by atoms with Crippen LogP contribution in [0.25, 0.3) is 11.1 Å². The van der Waals surface area contributed by atoms with Crippen LogP contribution in [0.4, 0.5) is 0 Å². The molecule has 21 heavy (non-hydrogen) atoms. The third-order valence-corrected chi connectivity index (χ3v) is 4.46. The normalized spacial score (nSPS) is 11.6. The smallest absolute Gasteiger partial charge is 0.133 e. The minimum Gasteiger partial charge on any atom is -0.496 e. The average molecular weight is 347 g/mol. The lowest BCUT2D eigenvalue weighted by atomic mass is 9.83. The van der Waals surface area contributed by atoms with E-state index in [-0.39, 0.29) is 5.41 Å². The molecule has 0 unspecified atom stereocenters. The maximum Gasteiger partial charge on any atom is 0.133 e. The second-order valence-electron chi connectivity index (χ2n) is 6.58. The molecule has 0 aliphatic heterocycles. The SMILES string of the molecule is COc1ccc(-c2c(C)cc(C(C)(C)C)cc2C)cc1Br. The first-order valence-electron chi connectivity index (χ1n) is 7.19. The van der Waals surface area contributed by atoms with Crippen LogP contribution in [0.1, 0.15) is 37.5 Å². The molecule has 0 amide bonds. The third kappa shape index (κ3) is 3.32. The molecule has 0 aliphatic carbocycles. The highest BCUT2D eigenvalue weighted by atomic mass is 79.9. The molecule has 0 heterocycles. The van der Waals surface area contributed by atoms with E-state index in [4.69, 9.17) is 4.74 Å². The molecule has 0 bridgehead atoms. The number of hydrogen-bond acceptors (Lipinski definition) is 1. The van der Waals surface area contributed by atoms with E-state index in [0.29, 0.717) is 0 Å². The van der Waals surface area contributed by atoms with E-state index in [1.165, 1.54) is 27.8 Å². The number of hydrogen-bond donors (Lipinski definition) is 0. The van der Waals surface area contributed by atoms with Gasteiger partial charge in [0.1, 0.15) is 5.75 Å². The molecule has 0 fully saturated rings. The van der Waals surface area contributed by atoms with Gasteiger partial charge in [0, 0.05) is 0 Å². The standard InChI is InChI=1S/C19H23BrO/c1-12-9-15(19(3,4)5)10-13(2)18(12)14-7-8-17(21-6)16(20)11-14/h7-11H,1-6H3. The van der Waals surface area contributed by atoms with Crippen molar-refractivity contribution >= 4 is 15.9 Å². The Bertz CT molecular complexity index is 643. The maximum atomic E-state index is 5.31. The monoisotopic (exact) mass is 346 g/mol. The van der Waals surface area contributed by atoms with Gasteiger partial charge in [-0.05, 0) is 75.1 Å². The lowest BCUT2D eigenvalue weighted by Crippen LogP contribution is -2.12. The van der Waals surface area contributed by atoms with E-state index in [0.717, 1.165) is 10.2 Å². The number of rotatable bonds is 2. The molecule has 2 rings (SSSR count). The van der Waals surface area contributed by atoms with Gasteiger partial charge in [-0.2, -0.15) is 0 Å². The van der Waals surface area contributed by atoms with Crippen LogP contribution in [0, 0.1) is 13.8 Å². The largest absolute Gasteiger partial charge is 0.496 e. The number of ether oxygens (including phenoxy) is 1.